The monoisotopic (exact) mass is 261 g/mol. The summed E-state index contributed by atoms with van der Waals surface area (Å²) in [7, 11) is 1.95. The largest absolute Gasteiger partial charge is 0.351 e. The van der Waals surface area contributed by atoms with Crippen molar-refractivity contribution in [3.63, 3.8) is 0 Å². The van der Waals surface area contributed by atoms with E-state index in [-0.39, 0.29) is 11.9 Å². The fraction of sp³-hybridized carbons (Fsp3) is 0.462. The van der Waals surface area contributed by atoms with Crippen LogP contribution in [0.2, 0.25) is 0 Å². The molecule has 2 heterocycles. The predicted octanol–water partition coefficient (Wildman–Crippen LogP) is 1.56. The van der Waals surface area contributed by atoms with Crippen LogP contribution in [0.15, 0.2) is 6.07 Å². The topological polar surface area (TPSA) is 75.6 Å². The smallest absolute Gasteiger partial charge is 0.253 e. The molecule has 0 aliphatic carbocycles. The molecule has 6 nitrogen and oxygen atoms in total. The van der Waals surface area contributed by atoms with Crippen LogP contribution in [0.4, 0.5) is 0 Å². The summed E-state index contributed by atoms with van der Waals surface area (Å²) in [4.78, 5) is 16.4. The molecule has 2 rings (SSSR count). The number of H-pyrrole nitrogens is 1. The lowest BCUT2D eigenvalue weighted by Gasteiger charge is -2.10. The standard InChI is InChI=1S/C13H19N5O/c1-7-6-11(9(3)18(7)5)13(19)14-8(2)12-15-10(4)16-17-12/h6,8H,1-5H3,(H,14,19)(H,15,16,17). The predicted molar refractivity (Wildman–Crippen MR) is 71.9 cm³/mol. The molecule has 0 aliphatic rings. The van der Waals surface area contributed by atoms with Crippen LogP contribution >= 0.6 is 0 Å². The van der Waals surface area contributed by atoms with E-state index >= 15 is 0 Å². The van der Waals surface area contributed by atoms with Crippen LogP contribution in [0.3, 0.4) is 0 Å². The van der Waals surface area contributed by atoms with Gasteiger partial charge in [-0.3, -0.25) is 9.89 Å². The highest BCUT2D eigenvalue weighted by molar-refractivity contribution is 5.95. The molecule has 1 atom stereocenters. The van der Waals surface area contributed by atoms with E-state index in [1.807, 2.05) is 45.4 Å². The molecule has 102 valence electrons. The molecule has 0 fully saturated rings. The molecule has 6 heteroatoms. The Hall–Kier alpha value is -2.11. The minimum Gasteiger partial charge on any atom is -0.351 e. The van der Waals surface area contributed by atoms with E-state index in [1.165, 1.54) is 0 Å². The molecule has 0 aromatic carbocycles. The van der Waals surface area contributed by atoms with Crippen LogP contribution in [-0.4, -0.2) is 25.7 Å². The van der Waals surface area contributed by atoms with E-state index in [9.17, 15) is 4.79 Å². The maximum atomic E-state index is 12.2. The Morgan fingerprint density at radius 1 is 1.42 bits per heavy atom. The van der Waals surface area contributed by atoms with Gasteiger partial charge in [0.1, 0.15) is 5.82 Å². The summed E-state index contributed by atoms with van der Waals surface area (Å²) in [5.74, 6) is 1.23. The van der Waals surface area contributed by atoms with Crippen LogP contribution in [0.25, 0.3) is 0 Å². The van der Waals surface area contributed by atoms with Gasteiger partial charge in [0.2, 0.25) is 0 Å². The molecule has 19 heavy (non-hydrogen) atoms. The van der Waals surface area contributed by atoms with Crippen molar-refractivity contribution in [2.45, 2.75) is 33.7 Å². The normalized spacial score (nSPS) is 12.5. The number of aromatic amines is 1. The first-order valence-electron chi connectivity index (χ1n) is 6.23. The quantitative estimate of drug-likeness (QED) is 0.880. The summed E-state index contributed by atoms with van der Waals surface area (Å²) < 4.78 is 2.00. The minimum absolute atomic E-state index is 0.101. The van der Waals surface area contributed by atoms with Gasteiger partial charge in [0.25, 0.3) is 5.91 Å². The Morgan fingerprint density at radius 2 is 2.11 bits per heavy atom. The molecule has 2 aromatic rings. The van der Waals surface area contributed by atoms with E-state index in [1.54, 1.807) is 0 Å². The summed E-state index contributed by atoms with van der Waals surface area (Å²) >= 11 is 0. The highest BCUT2D eigenvalue weighted by atomic mass is 16.1. The summed E-state index contributed by atoms with van der Waals surface area (Å²) in [6, 6.07) is 1.66. The number of aromatic nitrogens is 4. The zero-order chi connectivity index (χ0) is 14.2. The van der Waals surface area contributed by atoms with Gasteiger partial charge in [0.15, 0.2) is 5.82 Å². The maximum Gasteiger partial charge on any atom is 0.253 e. The van der Waals surface area contributed by atoms with Crippen molar-refractivity contribution in [3.05, 3.63) is 34.7 Å². The molecule has 0 aliphatic heterocycles. The maximum absolute atomic E-state index is 12.2. The number of carbonyl (C=O) groups is 1. The van der Waals surface area contributed by atoms with Crippen molar-refractivity contribution in [2.75, 3.05) is 0 Å². The average Bonchev–Trinajstić information content (AvgIpc) is 2.89. The van der Waals surface area contributed by atoms with Gasteiger partial charge >= 0.3 is 0 Å². The first-order valence-corrected chi connectivity index (χ1v) is 6.23. The molecule has 2 N–H and O–H groups in total. The Labute approximate surface area is 112 Å². The van der Waals surface area contributed by atoms with E-state index in [2.05, 4.69) is 20.5 Å². The summed E-state index contributed by atoms with van der Waals surface area (Å²) in [5.41, 5.74) is 2.71. The number of carbonyl (C=O) groups excluding carboxylic acids is 1. The third-order valence-corrected chi connectivity index (χ3v) is 3.37. The number of amides is 1. The van der Waals surface area contributed by atoms with Gasteiger partial charge in [0, 0.05) is 18.4 Å². The SMILES string of the molecule is Cc1nc(C(C)NC(=O)c2cc(C)n(C)c2C)n[nH]1. The number of hydrogen-bond donors (Lipinski definition) is 2. The summed E-state index contributed by atoms with van der Waals surface area (Å²) in [6.45, 7) is 7.61. The van der Waals surface area contributed by atoms with E-state index < -0.39 is 0 Å². The van der Waals surface area contributed by atoms with E-state index in [4.69, 9.17) is 0 Å². The molecule has 1 unspecified atom stereocenters. The molecule has 2 aromatic heterocycles. The number of nitrogens with one attached hydrogen (secondary N) is 2. The summed E-state index contributed by atoms with van der Waals surface area (Å²) in [5, 5.41) is 9.73. The lowest BCUT2D eigenvalue weighted by Crippen LogP contribution is -2.27. The molecular weight excluding hydrogens is 242 g/mol. The molecular formula is C13H19N5O. The molecule has 0 bridgehead atoms. The molecule has 0 saturated carbocycles. The highest BCUT2D eigenvalue weighted by Crippen LogP contribution is 2.15. The van der Waals surface area contributed by atoms with E-state index in [0.29, 0.717) is 11.4 Å². The zero-order valence-electron chi connectivity index (χ0n) is 11.9. The Bertz CT molecular complexity index is 611. The average molecular weight is 261 g/mol. The molecule has 1 amide bonds. The summed E-state index contributed by atoms with van der Waals surface area (Å²) in [6.07, 6.45) is 0. The first-order chi connectivity index (χ1) is 8.90. The second kappa shape index (κ2) is 4.87. The van der Waals surface area contributed by atoms with Crippen molar-refractivity contribution in [1.29, 1.82) is 0 Å². The van der Waals surface area contributed by atoms with Gasteiger partial charge in [-0.15, -0.1) is 0 Å². The van der Waals surface area contributed by atoms with Crippen molar-refractivity contribution < 1.29 is 4.79 Å². The second-order valence-corrected chi connectivity index (χ2v) is 4.82. The van der Waals surface area contributed by atoms with Gasteiger partial charge in [-0.1, -0.05) is 0 Å². The van der Waals surface area contributed by atoms with Crippen molar-refractivity contribution in [1.82, 2.24) is 25.1 Å². The lowest BCUT2D eigenvalue weighted by molar-refractivity contribution is 0.0937. The molecule has 0 spiro atoms. The fourth-order valence-electron chi connectivity index (χ4n) is 1.98. The van der Waals surface area contributed by atoms with Crippen LogP contribution < -0.4 is 5.32 Å². The third-order valence-electron chi connectivity index (χ3n) is 3.37. The van der Waals surface area contributed by atoms with Crippen molar-refractivity contribution >= 4 is 5.91 Å². The highest BCUT2D eigenvalue weighted by Gasteiger charge is 2.18. The van der Waals surface area contributed by atoms with Crippen LogP contribution in [-0.2, 0) is 7.05 Å². The van der Waals surface area contributed by atoms with Gasteiger partial charge in [-0.2, -0.15) is 5.10 Å². The van der Waals surface area contributed by atoms with Gasteiger partial charge in [-0.05, 0) is 33.8 Å². The minimum atomic E-state index is -0.225. The second-order valence-electron chi connectivity index (χ2n) is 4.82. The lowest BCUT2D eigenvalue weighted by atomic mass is 10.2. The Kier molecular flexibility index (Phi) is 3.42. The molecule has 0 saturated heterocycles. The Balaban J connectivity index is 2.15. The molecule has 0 radical (unpaired) electrons. The zero-order valence-corrected chi connectivity index (χ0v) is 11.9. The Morgan fingerprint density at radius 3 is 2.58 bits per heavy atom. The number of nitrogens with zero attached hydrogens (tertiary/aromatic N) is 3. The van der Waals surface area contributed by atoms with Crippen LogP contribution in [0, 0.1) is 20.8 Å². The number of aryl methyl sites for hydroxylation is 2. The fourth-order valence-corrected chi connectivity index (χ4v) is 1.98. The third kappa shape index (κ3) is 2.52. The van der Waals surface area contributed by atoms with Gasteiger partial charge in [0.05, 0.1) is 11.6 Å². The van der Waals surface area contributed by atoms with Crippen molar-refractivity contribution in [2.24, 2.45) is 7.05 Å². The number of hydrogen-bond acceptors (Lipinski definition) is 3. The van der Waals surface area contributed by atoms with Crippen molar-refractivity contribution in [3.8, 4) is 0 Å². The van der Waals surface area contributed by atoms with Crippen LogP contribution in [0.1, 0.15) is 46.4 Å². The van der Waals surface area contributed by atoms with Gasteiger partial charge in [-0.25, -0.2) is 4.98 Å². The van der Waals surface area contributed by atoms with E-state index in [0.717, 1.165) is 17.2 Å². The number of rotatable bonds is 3. The first kappa shape index (κ1) is 13.3. The van der Waals surface area contributed by atoms with Crippen LogP contribution in [0.5, 0.6) is 0 Å². The van der Waals surface area contributed by atoms with Gasteiger partial charge < -0.3 is 9.88 Å².